The first-order valence-electron chi connectivity index (χ1n) is 6.70. The zero-order valence-electron chi connectivity index (χ0n) is 12.5. The molecule has 1 rings (SSSR count). The van der Waals surface area contributed by atoms with E-state index < -0.39 is 53.6 Å². The SMILES string of the molecule is CCC(CNC)(c1cc(C(F)(F)F)cc(C(F)(F)F)c1)C(F)(F)F. The van der Waals surface area contributed by atoms with E-state index in [1.807, 2.05) is 0 Å². The van der Waals surface area contributed by atoms with Crippen molar-refractivity contribution < 1.29 is 39.5 Å². The van der Waals surface area contributed by atoms with Crippen molar-refractivity contribution in [1.82, 2.24) is 5.32 Å². The second kappa shape index (κ2) is 6.45. The lowest BCUT2D eigenvalue weighted by Crippen LogP contribution is -2.49. The van der Waals surface area contributed by atoms with Crippen LogP contribution in [0.4, 0.5) is 39.5 Å². The summed E-state index contributed by atoms with van der Waals surface area (Å²) in [4.78, 5) is 0. The summed E-state index contributed by atoms with van der Waals surface area (Å²) < 4.78 is 118. The maximum atomic E-state index is 13.5. The van der Waals surface area contributed by atoms with E-state index in [2.05, 4.69) is 5.32 Å². The van der Waals surface area contributed by atoms with Gasteiger partial charge in [-0.05, 0) is 37.2 Å². The number of halogens is 9. The molecule has 24 heavy (non-hydrogen) atoms. The molecule has 0 aliphatic rings. The Hall–Kier alpha value is -1.45. The second-order valence-electron chi connectivity index (χ2n) is 5.26. The molecule has 1 unspecified atom stereocenters. The van der Waals surface area contributed by atoms with Gasteiger partial charge < -0.3 is 5.32 Å². The highest BCUT2D eigenvalue weighted by Crippen LogP contribution is 2.46. The Morgan fingerprint density at radius 1 is 0.750 bits per heavy atom. The molecular formula is C14H14F9N. The largest absolute Gasteiger partial charge is 0.416 e. The van der Waals surface area contributed by atoms with Gasteiger partial charge in [-0.1, -0.05) is 6.92 Å². The lowest BCUT2D eigenvalue weighted by molar-refractivity contribution is -0.191. The molecule has 0 aromatic heterocycles. The smallest absolute Gasteiger partial charge is 0.319 e. The number of hydrogen-bond donors (Lipinski definition) is 1. The van der Waals surface area contributed by atoms with Gasteiger partial charge in [-0.2, -0.15) is 39.5 Å². The minimum atomic E-state index is -5.21. The number of benzene rings is 1. The first kappa shape index (κ1) is 20.6. The number of likely N-dealkylation sites (N-methyl/N-ethyl adjacent to an activating group) is 1. The van der Waals surface area contributed by atoms with Gasteiger partial charge in [0.25, 0.3) is 0 Å². The fourth-order valence-corrected chi connectivity index (χ4v) is 2.43. The predicted octanol–water partition coefficient (Wildman–Crippen LogP) is 5.15. The average Bonchev–Trinajstić information content (AvgIpc) is 2.41. The minimum Gasteiger partial charge on any atom is -0.319 e. The molecule has 0 aliphatic carbocycles. The molecule has 0 bridgehead atoms. The van der Waals surface area contributed by atoms with Crippen LogP contribution in [0.3, 0.4) is 0 Å². The monoisotopic (exact) mass is 367 g/mol. The highest BCUT2D eigenvalue weighted by Gasteiger charge is 2.55. The van der Waals surface area contributed by atoms with Crippen LogP contribution in [0.15, 0.2) is 18.2 Å². The summed E-state index contributed by atoms with van der Waals surface area (Å²) in [6.07, 6.45) is -16.2. The van der Waals surface area contributed by atoms with E-state index in [9.17, 15) is 39.5 Å². The standard InChI is InChI=1S/C14H14F9N/c1-3-11(7-24-2,14(21,22)23)8-4-9(12(15,16)17)6-10(5-8)13(18,19)20/h4-6,24H,3,7H2,1-2H3. The molecule has 138 valence electrons. The molecule has 0 amide bonds. The molecule has 1 N–H and O–H groups in total. The summed E-state index contributed by atoms with van der Waals surface area (Å²) in [7, 11) is 1.13. The van der Waals surface area contributed by atoms with E-state index in [1.165, 1.54) is 0 Å². The van der Waals surface area contributed by atoms with Crippen molar-refractivity contribution in [2.75, 3.05) is 13.6 Å². The number of rotatable bonds is 4. The summed E-state index contributed by atoms with van der Waals surface area (Å²) in [6, 6.07) is 0.0623. The number of alkyl halides is 9. The second-order valence-corrected chi connectivity index (χ2v) is 5.26. The highest BCUT2D eigenvalue weighted by atomic mass is 19.4. The Balaban J connectivity index is 3.77. The minimum absolute atomic E-state index is 0.129. The molecule has 1 aromatic rings. The van der Waals surface area contributed by atoms with Gasteiger partial charge in [0.15, 0.2) is 0 Å². The van der Waals surface area contributed by atoms with Crippen molar-refractivity contribution in [3.63, 3.8) is 0 Å². The number of hydrogen-bond acceptors (Lipinski definition) is 1. The van der Waals surface area contributed by atoms with Crippen molar-refractivity contribution in [2.24, 2.45) is 0 Å². The van der Waals surface area contributed by atoms with Crippen molar-refractivity contribution in [2.45, 2.75) is 37.3 Å². The maximum Gasteiger partial charge on any atom is 0.416 e. The van der Waals surface area contributed by atoms with Crippen molar-refractivity contribution in [1.29, 1.82) is 0 Å². The van der Waals surface area contributed by atoms with Crippen molar-refractivity contribution in [3.05, 3.63) is 34.9 Å². The molecule has 0 aliphatic heterocycles. The Bertz CT molecular complexity index is 539. The molecule has 0 spiro atoms. The Morgan fingerprint density at radius 3 is 1.38 bits per heavy atom. The lowest BCUT2D eigenvalue weighted by Gasteiger charge is -2.36. The average molecular weight is 367 g/mol. The van der Waals surface area contributed by atoms with E-state index in [1.54, 1.807) is 0 Å². The molecule has 0 heterocycles. The first-order chi connectivity index (χ1) is 10.7. The number of nitrogens with one attached hydrogen (secondary N) is 1. The van der Waals surface area contributed by atoms with Gasteiger partial charge in [-0.15, -0.1) is 0 Å². The molecule has 0 saturated heterocycles. The molecule has 1 nitrogen and oxygen atoms in total. The van der Waals surface area contributed by atoms with Gasteiger partial charge in [0, 0.05) is 6.54 Å². The zero-order valence-corrected chi connectivity index (χ0v) is 12.5. The Labute approximate surface area is 131 Å². The van der Waals surface area contributed by atoms with E-state index >= 15 is 0 Å². The van der Waals surface area contributed by atoms with Crippen LogP contribution >= 0.6 is 0 Å². The summed E-state index contributed by atoms with van der Waals surface area (Å²) >= 11 is 0. The lowest BCUT2D eigenvalue weighted by atomic mass is 9.76. The quantitative estimate of drug-likeness (QED) is 0.726. The molecule has 0 saturated carbocycles. The predicted molar refractivity (Wildman–Crippen MR) is 68.4 cm³/mol. The van der Waals surface area contributed by atoms with Crippen LogP contribution in [-0.4, -0.2) is 19.8 Å². The Kier molecular flexibility index (Phi) is 5.54. The van der Waals surface area contributed by atoms with Crippen LogP contribution in [0.1, 0.15) is 30.0 Å². The summed E-state index contributed by atoms with van der Waals surface area (Å²) in [6.45, 7) is 0.198. The summed E-state index contributed by atoms with van der Waals surface area (Å²) in [5, 5.41) is 2.20. The molecule has 10 heteroatoms. The van der Waals surface area contributed by atoms with Crippen LogP contribution in [0, 0.1) is 0 Å². The highest BCUT2D eigenvalue weighted by molar-refractivity contribution is 5.39. The van der Waals surface area contributed by atoms with Crippen LogP contribution in [0.2, 0.25) is 0 Å². The van der Waals surface area contributed by atoms with Gasteiger partial charge in [0.05, 0.1) is 11.1 Å². The van der Waals surface area contributed by atoms with E-state index in [0.29, 0.717) is 0 Å². The third-order valence-electron chi connectivity index (χ3n) is 3.76. The van der Waals surface area contributed by atoms with E-state index in [-0.39, 0.29) is 18.2 Å². The third-order valence-corrected chi connectivity index (χ3v) is 3.76. The Morgan fingerprint density at radius 2 is 1.12 bits per heavy atom. The molecule has 1 atom stereocenters. The van der Waals surface area contributed by atoms with E-state index in [4.69, 9.17) is 0 Å². The van der Waals surface area contributed by atoms with E-state index in [0.717, 1.165) is 14.0 Å². The van der Waals surface area contributed by atoms with Gasteiger partial charge in [-0.3, -0.25) is 0 Å². The maximum absolute atomic E-state index is 13.5. The topological polar surface area (TPSA) is 12.0 Å². The van der Waals surface area contributed by atoms with Crippen LogP contribution < -0.4 is 5.32 Å². The molecular weight excluding hydrogens is 353 g/mol. The van der Waals surface area contributed by atoms with Gasteiger partial charge in [0.1, 0.15) is 5.41 Å². The van der Waals surface area contributed by atoms with Gasteiger partial charge >= 0.3 is 18.5 Å². The van der Waals surface area contributed by atoms with Crippen molar-refractivity contribution in [3.8, 4) is 0 Å². The van der Waals surface area contributed by atoms with Gasteiger partial charge in [0.2, 0.25) is 0 Å². The normalized spacial score (nSPS) is 16.1. The fourth-order valence-electron chi connectivity index (χ4n) is 2.43. The molecule has 1 aromatic carbocycles. The first-order valence-corrected chi connectivity index (χ1v) is 6.70. The molecule has 0 fully saturated rings. The van der Waals surface area contributed by atoms with Crippen LogP contribution in [0.25, 0.3) is 0 Å². The van der Waals surface area contributed by atoms with Crippen LogP contribution in [0.5, 0.6) is 0 Å². The molecule has 0 radical (unpaired) electrons. The zero-order chi connectivity index (χ0) is 19.0. The van der Waals surface area contributed by atoms with Crippen molar-refractivity contribution >= 4 is 0 Å². The summed E-state index contributed by atoms with van der Waals surface area (Å²) in [5.41, 5.74) is -7.49. The van der Waals surface area contributed by atoms with Gasteiger partial charge in [-0.25, -0.2) is 0 Å². The third kappa shape index (κ3) is 3.96. The van der Waals surface area contributed by atoms with Crippen LogP contribution in [-0.2, 0) is 17.8 Å². The summed E-state index contributed by atoms with van der Waals surface area (Å²) in [5.74, 6) is 0. The fraction of sp³-hybridized carbons (Fsp3) is 0.571.